The van der Waals surface area contributed by atoms with Crippen molar-refractivity contribution in [2.24, 2.45) is 5.92 Å². The summed E-state index contributed by atoms with van der Waals surface area (Å²) in [6.07, 6.45) is 7.30. The van der Waals surface area contributed by atoms with Gasteiger partial charge in [0.2, 0.25) is 0 Å². The molecule has 2 rings (SSSR count). The van der Waals surface area contributed by atoms with E-state index in [0.717, 1.165) is 5.92 Å². The van der Waals surface area contributed by atoms with Crippen molar-refractivity contribution >= 4 is 0 Å². The lowest BCUT2D eigenvalue weighted by molar-refractivity contribution is -0.0455. The van der Waals surface area contributed by atoms with Gasteiger partial charge in [0.25, 0.3) is 0 Å². The summed E-state index contributed by atoms with van der Waals surface area (Å²) in [5.74, 6) is 0.957. The zero-order valence-electron chi connectivity index (χ0n) is 11.0. The van der Waals surface area contributed by atoms with E-state index in [1.807, 2.05) is 0 Å². The Balaban J connectivity index is 1.72. The molecule has 94 valence electrons. The zero-order valence-corrected chi connectivity index (χ0v) is 11.0. The monoisotopic (exact) mass is 225 g/mol. The molecule has 0 bridgehead atoms. The van der Waals surface area contributed by atoms with Gasteiger partial charge in [0.1, 0.15) is 0 Å². The summed E-state index contributed by atoms with van der Waals surface area (Å²) in [6.45, 7) is 6.13. The smallest absolute Gasteiger partial charge is 0.0261 e. The van der Waals surface area contributed by atoms with Crippen LogP contribution in [0.1, 0.15) is 32.1 Å². The van der Waals surface area contributed by atoms with Crippen LogP contribution in [0.15, 0.2) is 0 Å². The van der Waals surface area contributed by atoms with Crippen LogP contribution >= 0.6 is 0 Å². The Hall–Kier alpha value is -0.120. The fourth-order valence-corrected chi connectivity index (χ4v) is 3.00. The number of hydrogen-bond donors (Lipinski definition) is 0. The third-order valence-corrected chi connectivity index (χ3v) is 4.21. The number of likely N-dealkylation sites (N-methyl/N-ethyl adjacent to an activating group) is 1. The molecule has 1 aliphatic carbocycles. The molecule has 1 heterocycles. The Morgan fingerprint density at radius 1 is 1.00 bits per heavy atom. The summed E-state index contributed by atoms with van der Waals surface area (Å²) in [5, 5.41) is 5.03. The molecule has 0 aromatic rings. The second-order valence-corrected chi connectivity index (χ2v) is 5.60. The summed E-state index contributed by atoms with van der Waals surface area (Å²) in [5.41, 5.74) is 0. The Kier molecular flexibility index (Phi) is 4.62. The third kappa shape index (κ3) is 3.44. The highest BCUT2D eigenvalue weighted by Gasteiger charge is 2.21. The molecule has 3 heteroatoms. The number of hydrazine groups is 1. The maximum Gasteiger partial charge on any atom is 0.0261 e. The predicted octanol–water partition coefficient (Wildman–Crippen LogP) is 1.66. The molecule has 1 saturated carbocycles. The molecule has 0 aromatic carbocycles. The van der Waals surface area contributed by atoms with Crippen molar-refractivity contribution in [1.82, 2.24) is 14.9 Å². The van der Waals surface area contributed by atoms with Crippen LogP contribution in [0.2, 0.25) is 0 Å². The molecule has 0 radical (unpaired) electrons. The summed E-state index contributed by atoms with van der Waals surface area (Å²) in [6, 6.07) is 0. The molecular formula is C13H27N3. The highest BCUT2D eigenvalue weighted by Crippen LogP contribution is 2.24. The van der Waals surface area contributed by atoms with Gasteiger partial charge in [-0.3, -0.25) is 0 Å². The Morgan fingerprint density at radius 2 is 1.62 bits per heavy atom. The lowest BCUT2D eigenvalue weighted by Gasteiger charge is -2.40. The topological polar surface area (TPSA) is 9.72 Å². The van der Waals surface area contributed by atoms with Crippen LogP contribution in [0.5, 0.6) is 0 Å². The normalized spacial score (nSPS) is 26.4. The molecule has 0 unspecified atom stereocenters. The maximum atomic E-state index is 2.54. The van der Waals surface area contributed by atoms with E-state index in [1.54, 1.807) is 0 Å². The van der Waals surface area contributed by atoms with Gasteiger partial charge < -0.3 is 4.90 Å². The van der Waals surface area contributed by atoms with Crippen LogP contribution in [0, 0.1) is 5.92 Å². The second kappa shape index (κ2) is 5.99. The molecule has 0 atom stereocenters. The number of piperazine rings is 1. The summed E-state index contributed by atoms with van der Waals surface area (Å²) in [7, 11) is 4.50. The van der Waals surface area contributed by atoms with Crippen molar-refractivity contribution in [3.8, 4) is 0 Å². The fraction of sp³-hybridized carbons (Fsp3) is 1.00. The number of rotatable bonds is 3. The van der Waals surface area contributed by atoms with Crippen molar-refractivity contribution in [3.05, 3.63) is 0 Å². The molecule has 0 spiro atoms. The van der Waals surface area contributed by atoms with Crippen molar-refractivity contribution < 1.29 is 0 Å². The van der Waals surface area contributed by atoms with Crippen LogP contribution in [0.25, 0.3) is 0 Å². The second-order valence-electron chi connectivity index (χ2n) is 5.60. The van der Waals surface area contributed by atoms with E-state index in [9.17, 15) is 0 Å². The lowest BCUT2D eigenvalue weighted by Crippen LogP contribution is -2.52. The molecule has 16 heavy (non-hydrogen) atoms. The van der Waals surface area contributed by atoms with E-state index in [0.29, 0.717) is 0 Å². The highest BCUT2D eigenvalue weighted by atomic mass is 15.6. The van der Waals surface area contributed by atoms with Gasteiger partial charge in [0.15, 0.2) is 0 Å². The van der Waals surface area contributed by atoms with Gasteiger partial charge in [-0.25, -0.2) is 10.0 Å². The van der Waals surface area contributed by atoms with E-state index in [4.69, 9.17) is 0 Å². The van der Waals surface area contributed by atoms with Gasteiger partial charge in [0.05, 0.1) is 0 Å². The van der Waals surface area contributed by atoms with Gasteiger partial charge in [-0.15, -0.1) is 0 Å². The molecule has 0 amide bonds. The molecule has 1 aliphatic heterocycles. The molecule has 3 nitrogen and oxygen atoms in total. The highest BCUT2D eigenvalue weighted by molar-refractivity contribution is 4.71. The molecule has 0 N–H and O–H groups in total. The van der Waals surface area contributed by atoms with Crippen LogP contribution in [-0.4, -0.2) is 61.7 Å². The number of hydrogen-bond acceptors (Lipinski definition) is 3. The van der Waals surface area contributed by atoms with Crippen LogP contribution in [0.4, 0.5) is 0 Å². The molecule has 0 aromatic heterocycles. The first kappa shape index (κ1) is 12.3. The van der Waals surface area contributed by atoms with Crippen LogP contribution < -0.4 is 0 Å². The van der Waals surface area contributed by atoms with E-state index in [1.165, 1.54) is 64.8 Å². The van der Waals surface area contributed by atoms with E-state index in [2.05, 4.69) is 29.0 Å². The molecule has 1 saturated heterocycles. The van der Waals surface area contributed by atoms with Crippen molar-refractivity contribution in [2.75, 3.05) is 46.8 Å². The van der Waals surface area contributed by atoms with Crippen molar-refractivity contribution in [2.45, 2.75) is 32.1 Å². The summed E-state index contributed by atoms with van der Waals surface area (Å²) >= 11 is 0. The minimum absolute atomic E-state index is 0.957. The van der Waals surface area contributed by atoms with E-state index < -0.39 is 0 Å². The van der Waals surface area contributed by atoms with Crippen molar-refractivity contribution in [3.63, 3.8) is 0 Å². The third-order valence-electron chi connectivity index (χ3n) is 4.21. The summed E-state index contributed by atoms with van der Waals surface area (Å²) < 4.78 is 0. The van der Waals surface area contributed by atoms with Gasteiger partial charge in [-0.2, -0.15) is 0 Å². The Bertz CT molecular complexity index is 193. The number of nitrogens with zero attached hydrogens (tertiary/aromatic N) is 3. The average molecular weight is 225 g/mol. The quantitative estimate of drug-likeness (QED) is 0.723. The molecule has 2 aliphatic rings. The zero-order chi connectivity index (χ0) is 11.4. The average Bonchev–Trinajstić information content (AvgIpc) is 2.31. The van der Waals surface area contributed by atoms with E-state index in [-0.39, 0.29) is 0 Å². The minimum Gasteiger partial charge on any atom is -0.304 e. The first-order chi connectivity index (χ1) is 7.75. The van der Waals surface area contributed by atoms with Crippen LogP contribution in [-0.2, 0) is 0 Å². The lowest BCUT2D eigenvalue weighted by atomic mass is 9.89. The van der Waals surface area contributed by atoms with Gasteiger partial charge in [-0.05, 0) is 25.8 Å². The van der Waals surface area contributed by atoms with Crippen LogP contribution in [0.3, 0.4) is 0 Å². The first-order valence-electron chi connectivity index (χ1n) is 6.90. The maximum absolute atomic E-state index is 2.54. The van der Waals surface area contributed by atoms with E-state index >= 15 is 0 Å². The van der Waals surface area contributed by atoms with Gasteiger partial charge in [-0.1, -0.05) is 19.3 Å². The molecular weight excluding hydrogens is 198 g/mol. The fourth-order valence-electron chi connectivity index (χ4n) is 3.00. The predicted molar refractivity (Wildman–Crippen MR) is 68.3 cm³/mol. The SMILES string of the molecule is CN1CCN(N(C)CC2CCCCC2)CC1. The van der Waals surface area contributed by atoms with Gasteiger partial charge in [0, 0.05) is 39.8 Å². The molecule has 2 fully saturated rings. The van der Waals surface area contributed by atoms with Crippen molar-refractivity contribution in [1.29, 1.82) is 0 Å². The Labute approximate surface area is 100 Å². The minimum atomic E-state index is 0.957. The van der Waals surface area contributed by atoms with Gasteiger partial charge >= 0.3 is 0 Å². The summed E-state index contributed by atoms with van der Waals surface area (Å²) in [4.78, 5) is 2.42. The standard InChI is InChI=1S/C13H27N3/c1-14-8-10-16(11-9-14)15(2)12-13-6-4-3-5-7-13/h13H,3-12H2,1-2H3. The Morgan fingerprint density at radius 3 is 2.25 bits per heavy atom. The largest absolute Gasteiger partial charge is 0.304 e. The first-order valence-corrected chi connectivity index (χ1v) is 6.90.